The minimum Gasteiger partial charge on any atom is -0.508 e. The molecular formula is C20H25NO5. The number of aliphatic hydroxyl groups is 1. The van der Waals surface area contributed by atoms with Gasteiger partial charge in [-0.25, -0.2) is 0 Å². The summed E-state index contributed by atoms with van der Waals surface area (Å²) < 4.78 is 6.16. The Morgan fingerprint density at radius 3 is 2.54 bits per heavy atom. The molecule has 26 heavy (non-hydrogen) atoms. The van der Waals surface area contributed by atoms with Crippen LogP contribution in [-0.2, 0) is 14.3 Å². The summed E-state index contributed by atoms with van der Waals surface area (Å²) in [5.41, 5.74) is 0.863. The molecule has 4 rings (SSSR count). The molecule has 140 valence electrons. The summed E-state index contributed by atoms with van der Waals surface area (Å²) in [5.74, 6) is -2.96. The van der Waals surface area contributed by atoms with Crippen LogP contribution in [0.5, 0.6) is 5.75 Å². The SMILES string of the molecule is CCC[C@H]1C[C@@H]2C(=O)N(C)C(=O)[C@@H]2[C@@H]2C[C@@H](c3ccc(O)cc3)O[C@]12O. The lowest BCUT2D eigenvalue weighted by Gasteiger charge is -2.44. The van der Waals surface area contributed by atoms with E-state index in [9.17, 15) is 19.8 Å². The van der Waals surface area contributed by atoms with E-state index in [1.54, 1.807) is 24.3 Å². The molecule has 0 radical (unpaired) electrons. The van der Waals surface area contributed by atoms with E-state index in [2.05, 4.69) is 0 Å². The number of hydrogen-bond acceptors (Lipinski definition) is 5. The van der Waals surface area contributed by atoms with Gasteiger partial charge in [0.25, 0.3) is 0 Å². The van der Waals surface area contributed by atoms with Crippen LogP contribution in [0.2, 0.25) is 0 Å². The number of rotatable bonds is 3. The van der Waals surface area contributed by atoms with Gasteiger partial charge in [-0.1, -0.05) is 25.5 Å². The van der Waals surface area contributed by atoms with Crippen LogP contribution in [0.3, 0.4) is 0 Å². The van der Waals surface area contributed by atoms with E-state index in [0.717, 1.165) is 18.4 Å². The summed E-state index contributed by atoms with van der Waals surface area (Å²) in [6.45, 7) is 2.05. The number of fused-ring (bicyclic) bond motifs is 3. The van der Waals surface area contributed by atoms with Crippen LogP contribution in [0.25, 0.3) is 0 Å². The lowest BCUT2D eigenvalue weighted by molar-refractivity contribution is -0.270. The summed E-state index contributed by atoms with van der Waals surface area (Å²) in [7, 11) is 1.53. The molecule has 0 aromatic heterocycles. The number of imide groups is 1. The van der Waals surface area contributed by atoms with Crippen molar-refractivity contribution >= 4 is 11.8 Å². The molecule has 6 heteroatoms. The van der Waals surface area contributed by atoms with Crippen LogP contribution in [0, 0.1) is 23.7 Å². The highest BCUT2D eigenvalue weighted by molar-refractivity contribution is 6.05. The van der Waals surface area contributed by atoms with Gasteiger partial charge in [0.15, 0.2) is 5.79 Å². The van der Waals surface area contributed by atoms with E-state index in [0.29, 0.717) is 12.8 Å². The van der Waals surface area contributed by atoms with Gasteiger partial charge in [-0.05, 0) is 37.0 Å². The van der Waals surface area contributed by atoms with Crippen molar-refractivity contribution in [2.75, 3.05) is 7.05 Å². The minimum absolute atomic E-state index is 0.128. The molecule has 6 atom stereocenters. The number of phenolic OH excluding ortho intramolecular Hbond substituents is 1. The Bertz CT molecular complexity index is 732. The predicted octanol–water partition coefficient (Wildman–Crippen LogP) is 2.21. The number of benzene rings is 1. The van der Waals surface area contributed by atoms with Crippen molar-refractivity contribution < 1.29 is 24.5 Å². The van der Waals surface area contributed by atoms with Crippen molar-refractivity contribution in [1.82, 2.24) is 4.90 Å². The first-order valence-corrected chi connectivity index (χ1v) is 9.37. The van der Waals surface area contributed by atoms with E-state index >= 15 is 0 Å². The second-order valence-corrected chi connectivity index (χ2v) is 7.88. The average molecular weight is 359 g/mol. The third-order valence-electron chi connectivity index (χ3n) is 6.49. The topological polar surface area (TPSA) is 87.1 Å². The standard InChI is InChI=1S/C20H25NO5/c1-3-4-12-9-14-17(19(24)21(2)18(14)23)15-10-16(26-20(12,15)25)11-5-7-13(22)8-6-11/h5-8,12,14-17,22,25H,3-4,9-10H2,1-2H3/t12-,14-,15-,16-,17-,20+/m0/s1. The first-order valence-electron chi connectivity index (χ1n) is 9.37. The highest BCUT2D eigenvalue weighted by Gasteiger charge is 2.65. The van der Waals surface area contributed by atoms with Gasteiger partial charge in [0.2, 0.25) is 11.8 Å². The molecule has 2 saturated heterocycles. The molecule has 3 fully saturated rings. The maximum atomic E-state index is 12.7. The number of carbonyl (C=O) groups is 2. The number of hydrogen-bond donors (Lipinski definition) is 2. The van der Waals surface area contributed by atoms with Crippen LogP contribution >= 0.6 is 0 Å². The number of ether oxygens (including phenoxy) is 1. The van der Waals surface area contributed by atoms with Crippen molar-refractivity contribution in [3.8, 4) is 5.75 Å². The second kappa shape index (κ2) is 6.06. The Labute approximate surface area is 152 Å². The van der Waals surface area contributed by atoms with Gasteiger partial charge in [-0.3, -0.25) is 14.5 Å². The van der Waals surface area contributed by atoms with Crippen molar-refractivity contribution in [3.63, 3.8) is 0 Å². The van der Waals surface area contributed by atoms with E-state index in [-0.39, 0.29) is 35.5 Å². The molecule has 0 bridgehead atoms. The van der Waals surface area contributed by atoms with Gasteiger partial charge in [0, 0.05) is 18.9 Å². The Kier molecular flexibility index (Phi) is 4.08. The molecule has 1 aromatic rings. The van der Waals surface area contributed by atoms with Crippen molar-refractivity contribution in [2.45, 2.75) is 44.5 Å². The number of amides is 2. The molecule has 2 aliphatic heterocycles. The molecule has 1 aromatic carbocycles. The monoisotopic (exact) mass is 359 g/mol. The average Bonchev–Trinajstić information content (AvgIpc) is 3.07. The fourth-order valence-electron chi connectivity index (χ4n) is 5.21. The predicted molar refractivity (Wildman–Crippen MR) is 92.8 cm³/mol. The lowest BCUT2D eigenvalue weighted by Crippen LogP contribution is -2.53. The highest BCUT2D eigenvalue weighted by Crippen LogP contribution is 2.58. The summed E-state index contributed by atoms with van der Waals surface area (Å²) in [5, 5.41) is 21.0. The third kappa shape index (κ3) is 2.39. The molecule has 0 unspecified atom stereocenters. The fourth-order valence-corrected chi connectivity index (χ4v) is 5.21. The third-order valence-corrected chi connectivity index (χ3v) is 6.49. The normalized spacial score (nSPS) is 39.2. The number of likely N-dealkylation sites (tertiary alicyclic amines) is 1. The molecule has 0 spiro atoms. The maximum Gasteiger partial charge on any atom is 0.233 e. The quantitative estimate of drug-likeness (QED) is 0.808. The number of nitrogens with zero attached hydrogens (tertiary/aromatic N) is 1. The second-order valence-electron chi connectivity index (χ2n) is 7.88. The van der Waals surface area contributed by atoms with Crippen LogP contribution in [-0.4, -0.2) is 39.8 Å². The number of phenols is 1. The van der Waals surface area contributed by atoms with Gasteiger partial charge >= 0.3 is 0 Å². The van der Waals surface area contributed by atoms with Crippen molar-refractivity contribution in [1.29, 1.82) is 0 Å². The van der Waals surface area contributed by atoms with Gasteiger partial charge in [0.1, 0.15) is 5.75 Å². The van der Waals surface area contributed by atoms with Crippen molar-refractivity contribution in [3.05, 3.63) is 29.8 Å². The molecule has 2 heterocycles. The molecule has 3 aliphatic rings. The van der Waals surface area contributed by atoms with Crippen molar-refractivity contribution in [2.24, 2.45) is 23.7 Å². The van der Waals surface area contributed by atoms with E-state index in [1.807, 2.05) is 6.92 Å². The van der Waals surface area contributed by atoms with Gasteiger partial charge in [-0.15, -0.1) is 0 Å². The van der Waals surface area contributed by atoms with Crippen LogP contribution in [0.15, 0.2) is 24.3 Å². The zero-order valence-corrected chi connectivity index (χ0v) is 15.1. The van der Waals surface area contributed by atoms with Gasteiger partial charge < -0.3 is 14.9 Å². The molecular weight excluding hydrogens is 334 g/mol. The lowest BCUT2D eigenvalue weighted by atomic mass is 9.63. The zero-order chi connectivity index (χ0) is 18.6. The Balaban J connectivity index is 1.71. The van der Waals surface area contributed by atoms with Crippen LogP contribution in [0.1, 0.15) is 44.3 Å². The first kappa shape index (κ1) is 17.5. The summed E-state index contributed by atoms with van der Waals surface area (Å²) in [6, 6.07) is 6.74. The first-order chi connectivity index (χ1) is 12.4. The number of carbonyl (C=O) groups excluding carboxylic acids is 2. The van der Waals surface area contributed by atoms with Crippen LogP contribution in [0.4, 0.5) is 0 Å². The minimum atomic E-state index is -1.39. The summed E-state index contributed by atoms with van der Waals surface area (Å²) in [4.78, 5) is 26.4. The Hall–Kier alpha value is -1.92. The fraction of sp³-hybridized carbons (Fsp3) is 0.600. The highest BCUT2D eigenvalue weighted by atomic mass is 16.6. The van der Waals surface area contributed by atoms with E-state index in [1.165, 1.54) is 11.9 Å². The van der Waals surface area contributed by atoms with Crippen LogP contribution < -0.4 is 0 Å². The largest absolute Gasteiger partial charge is 0.508 e. The molecule has 2 amide bonds. The zero-order valence-electron chi connectivity index (χ0n) is 15.1. The molecule has 1 aliphatic carbocycles. The van der Waals surface area contributed by atoms with E-state index < -0.39 is 17.6 Å². The summed E-state index contributed by atoms with van der Waals surface area (Å²) >= 11 is 0. The molecule has 6 nitrogen and oxygen atoms in total. The molecule has 1 saturated carbocycles. The smallest absolute Gasteiger partial charge is 0.233 e. The molecule has 2 N–H and O–H groups in total. The Morgan fingerprint density at radius 2 is 1.88 bits per heavy atom. The maximum absolute atomic E-state index is 12.7. The number of aromatic hydroxyl groups is 1. The van der Waals surface area contributed by atoms with Gasteiger partial charge in [0.05, 0.1) is 17.9 Å². The van der Waals surface area contributed by atoms with E-state index in [4.69, 9.17) is 4.74 Å². The van der Waals surface area contributed by atoms with Gasteiger partial charge in [-0.2, -0.15) is 0 Å². The summed E-state index contributed by atoms with van der Waals surface area (Å²) in [6.07, 6.45) is 2.27. The Morgan fingerprint density at radius 1 is 1.19 bits per heavy atom.